The molecule has 3 nitrogen and oxygen atoms in total. The molecule has 2 aromatic carbocycles. The van der Waals surface area contributed by atoms with Crippen LogP contribution in [0.5, 0.6) is 0 Å². The van der Waals surface area contributed by atoms with Gasteiger partial charge in [-0.15, -0.1) is 0 Å². The van der Waals surface area contributed by atoms with E-state index < -0.39 is 0 Å². The first-order valence-electron chi connectivity index (χ1n) is 6.54. The topological polar surface area (TPSA) is 52.3 Å². The van der Waals surface area contributed by atoms with Crippen LogP contribution < -0.4 is 5.73 Å². The van der Waals surface area contributed by atoms with Gasteiger partial charge in [-0.25, -0.2) is 4.79 Å². The highest BCUT2D eigenvalue weighted by atomic mass is 16.5. The number of hydrogen-bond donors (Lipinski definition) is 1. The fourth-order valence-electron chi connectivity index (χ4n) is 2.48. The van der Waals surface area contributed by atoms with Gasteiger partial charge in [-0.1, -0.05) is 60.7 Å². The first-order chi connectivity index (χ1) is 9.77. The molecule has 2 aromatic rings. The van der Waals surface area contributed by atoms with E-state index in [9.17, 15) is 4.79 Å². The summed E-state index contributed by atoms with van der Waals surface area (Å²) in [5.41, 5.74) is 9.15. The lowest BCUT2D eigenvalue weighted by Gasteiger charge is -2.11. The zero-order valence-corrected chi connectivity index (χ0v) is 11.0. The number of hydrogen-bond acceptors (Lipinski definition) is 3. The normalized spacial score (nSPS) is 20.6. The molecule has 3 heteroatoms. The van der Waals surface area contributed by atoms with E-state index in [0.29, 0.717) is 17.9 Å². The zero-order valence-electron chi connectivity index (χ0n) is 11.0. The van der Waals surface area contributed by atoms with E-state index in [1.165, 1.54) is 0 Å². The van der Waals surface area contributed by atoms with Gasteiger partial charge >= 0.3 is 5.97 Å². The maximum absolute atomic E-state index is 12.0. The number of carbonyl (C=O) groups excluding carboxylic acids is 1. The highest BCUT2D eigenvalue weighted by Gasteiger charge is 2.34. The highest BCUT2D eigenvalue weighted by molar-refractivity contribution is 6.00. The molecular formula is C17H15NO2. The molecule has 2 N–H and O–H groups in total. The SMILES string of the molecule is N/C(=C1/C(=O)OCC1c1ccccc1)c1ccccc1. The van der Waals surface area contributed by atoms with Crippen LogP contribution in [0.1, 0.15) is 17.0 Å². The van der Waals surface area contributed by atoms with Gasteiger partial charge < -0.3 is 10.5 Å². The molecule has 1 unspecified atom stereocenters. The van der Waals surface area contributed by atoms with Crippen molar-refractivity contribution in [3.05, 3.63) is 77.4 Å². The molecule has 0 saturated carbocycles. The van der Waals surface area contributed by atoms with Crippen LogP contribution in [-0.2, 0) is 9.53 Å². The summed E-state index contributed by atoms with van der Waals surface area (Å²) in [4.78, 5) is 12.0. The molecule has 0 aliphatic carbocycles. The second-order valence-corrected chi connectivity index (χ2v) is 4.76. The van der Waals surface area contributed by atoms with Gasteiger partial charge in [-0.3, -0.25) is 0 Å². The van der Waals surface area contributed by atoms with E-state index in [-0.39, 0.29) is 11.9 Å². The van der Waals surface area contributed by atoms with Crippen LogP contribution >= 0.6 is 0 Å². The van der Waals surface area contributed by atoms with Crippen molar-refractivity contribution in [3.63, 3.8) is 0 Å². The van der Waals surface area contributed by atoms with Gasteiger partial charge in [0, 0.05) is 0 Å². The van der Waals surface area contributed by atoms with Gasteiger partial charge in [0.15, 0.2) is 0 Å². The van der Waals surface area contributed by atoms with E-state index in [1.807, 2.05) is 60.7 Å². The Morgan fingerprint density at radius 2 is 1.60 bits per heavy atom. The first kappa shape index (κ1) is 12.5. The zero-order chi connectivity index (χ0) is 13.9. The number of cyclic esters (lactones) is 1. The molecule has 0 spiro atoms. The number of benzene rings is 2. The highest BCUT2D eigenvalue weighted by Crippen LogP contribution is 2.34. The van der Waals surface area contributed by atoms with Crippen LogP contribution in [0, 0.1) is 0 Å². The largest absolute Gasteiger partial charge is 0.461 e. The Kier molecular flexibility index (Phi) is 3.25. The minimum absolute atomic E-state index is 0.0936. The van der Waals surface area contributed by atoms with Crippen LogP contribution in [0.3, 0.4) is 0 Å². The third kappa shape index (κ3) is 2.18. The van der Waals surface area contributed by atoms with Crippen molar-refractivity contribution in [1.29, 1.82) is 0 Å². The summed E-state index contributed by atoms with van der Waals surface area (Å²) < 4.78 is 5.20. The lowest BCUT2D eigenvalue weighted by molar-refractivity contribution is -0.135. The number of esters is 1. The molecule has 0 amide bonds. The Balaban J connectivity index is 2.07. The Morgan fingerprint density at radius 1 is 1.00 bits per heavy atom. The van der Waals surface area contributed by atoms with Gasteiger partial charge in [-0.2, -0.15) is 0 Å². The molecular weight excluding hydrogens is 250 g/mol. The number of nitrogens with two attached hydrogens (primary N) is 1. The maximum Gasteiger partial charge on any atom is 0.336 e. The monoisotopic (exact) mass is 265 g/mol. The van der Waals surface area contributed by atoms with Gasteiger partial charge in [-0.05, 0) is 11.1 Å². The molecule has 0 bridgehead atoms. The molecule has 1 aliphatic heterocycles. The summed E-state index contributed by atoms with van der Waals surface area (Å²) in [6.45, 7) is 0.353. The molecule has 0 aromatic heterocycles. The predicted octanol–water partition coefficient (Wildman–Crippen LogP) is 2.70. The first-order valence-corrected chi connectivity index (χ1v) is 6.54. The summed E-state index contributed by atoms with van der Waals surface area (Å²) in [6, 6.07) is 19.4. The van der Waals surface area contributed by atoms with Crippen LogP contribution in [0.4, 0.5) is 0 Å². The molecule has 1 aliphatic rings. The lowest BCUT2D eigenvalue weighted by atomic mass is 9.90. The van der Waals surface area contributed by atoms with E-state index in [0.717, 1.165) is 11.1 Å². The van der Waals surface area contributed by atoms with Crippen molar-refractivity contribution in [2.45, 2.75) is 5.92 Å². The average molecular weight is 265 g/mol. The number of carbonyl (C=O) groups is 1. The maximum atomic E-state index is 12.0. The lowest BCUT2D eigenvalue weighted by Crippen LogP contribution is -2.10. The predicted molar refractivity (Wildman–Crippen MR) is 77.7 cm³/mol. The van der Waals surface area contributed by atoms with Crippen LogP contribution in [0.25, 0.3) is 5.70 Å². The van der Waals surface area contributed by atoms with Crippen molar-refractivity contribution < 1.29 is 9.53 Å². The smallest absolute Gasteiger partial charge is 0.336 e. The van der Waals surface area contributed by atoms with Crippen molar-refractivity contribution in [2.75, 3.05) is 6.61 Å². The molecule has 1 atom stereocenters. The standard InChI is InChI=1S/C17H15NO2/c18-16(13-9-5-2-6-10-13)15-14(11-20-17(15)19)12-7-3-1-4-8-12/h1-10,14H,11,18H2/b16-15+. The van der Waals surface area contributed by atoms with Crippen LogP contribution in [0.15, 0.2) is 66.2 Å². The summed E-state index contributed by atoms with van der Waals surface area (Å²) in [5.74, 6) is -0.413. The third-order valence-corrected chi connectivity index (χ3v) is 3.53. The van der Waals surface area contributed by atoms with E-state index in [4.69, 9.17) is 10.5 Å². The number of rotatable bonds is 2. The fraction of sp³-hybridized carbons (Fsp3) is 0.118. The molecule has 0 radical (unpaired) electrons. The third-order valence-electron chi connectivity index (χ3n) is 3.53. The molecule has 1 heterocycles. The quantitative estimate of drug-likeness (QED) is 0.671. The minimum Gasteiger partial charge on any atom is -0.461 e. The second kappa shape index (κ2) is 5.21. The molecule has 3 rings (SSSR count). The van der Waals surface area contributed by atoms with Crippen molar-refractivity contribution in [2.24, 2.45) is 5.73 Å². The number of ether oxygens (including phenoxy) is 1. The van der Waals surface area contributed by atoms with Gasteiger partial charge in [0.25, 0.3) is 0 Å². The summed E-state index contributed by atoms with van der Waals surface area (Å²) in [7, 11) is 0. The van der Waals surface area contributed by atoms with E-state index >= 15 is 0 Å². The minimum atomic E-state index is -0.319. The van der Waals surface area contributed by atoms with Crippen LogP contribution in [-0.4, -0.2) is 12.6 Å². The summed E-state index contributed by atoms with van der Waals surface area (Å²) >= 11 is 0. The Labute approximate surface area is 117 Å². The molecule has 1 saturated heterocycles. The summed E-state index contributed by atoms with van der Waals surface area (Å²) in [6.07, 6.45) is 0. The van der Waals surface area contributed by atoms with E-state index in [2.05, 4.69) is 0 Å². The van der Waals surface area contributed by atoms with Crippen molar-refractivity contribution in [3.8, 4) is 0 Å². The van der Waals surface area contributed by atoms with Gasteiger partial charge in [0.1, 0.15) is 6.61 Å². The Hall–Kier alpha value is -2.55. The Morgan fingerprint density at radius 3 is 2.25 bits per heavy atom. The molecule has 20 heavy (non-hydrogen) atoms. The molecule has 1 fully saturated rings. The van der Waals surface area contributed by atoms with Crippen LogP contribution in [0.2, 0.25) is 0 Å². The molecule has 100 valence electrons. The summed E-state index contributed by atoms with van der Waals surface area (Å²) in [5, 5.41) is 0. The van der Waals surface area contributed by atoms with Crippen molar-refractivity contribution >= 4 is 11.7 Å². The van der Waals surface area contributed by atoms with Gasteiger partial charge in [0.2, 0.25) is 0 Å². The second-order valence-electron chi connectivity index (χ2n) is 4.76. The Bertz CT molecular complexity index is 647. The fourth-order valence-corrected chi connectivity index (χ4v) is 2.48. The van der Waals surface area contributed by atoms with E-state index in [1.54, 1.807) is 0 Å². The van der Waals surface area contributed by atoms with Gasteiger partial charge in [0.05, 0.1) is 17.2 Å². The average Bonchev–Trinajstić information content (AvgIpc) is 2.90. The van der Waals surface area contributed by atoms with Crippen molar-refractivity contribution in [1.82, 2.24) is 0 Å².